The second kappa shape index (κ2) is 8.62. The van der Waals surface area contributed by atoms with E-state index in [1.54, 1.807) is 18.2 Å². The molecule has 1 saturated heterocycles. The smallest absolute Gasteiger partial charge is 0.227 e. The van der Waals surface area contributed by atoms with Gasteiger partial charge in [0.15, 0.2) is 0 Å². The summed E-state index contributed by atoms with van der Waals surface area (Å²) in [7, 11) is 0. The zero-order chi connectivity index (χ0) is 18.7. The zero-order valence-corrected chi connectivity index (χ0v) is 16.7. The Bertz CT molecular complexity index is 644. The highest BCUT2D eigenvalue weighted by atomic mass is 35.5. The van der Waals surface area contributed by atoms with Crippen LogP contribution in [0.1, 0.15) is 45.4 Å². The number of likely N-dealkylation sites (tertiary alicyclic amines) is 1. The quantitative estimate of drug-likeness (QED) is 0.781. The molecule has 6 heteroatoms. The number of carbonyl (C=O) groups excluding carboxylic acids is 2. The zero-order valence-electron chi connectivity index (χ0n) is 15.1. The Morgan fingerprint density at radius 3 is 2.08 bits per heavy atom. The first-order chi connectivity index (χ1) is 12.5. The highest BCUT2D eigenvalue weighted by Crippen LogP contribution is 2.34. The van der Waals surface area contributed by atoms with Gasteiger partial charge >= 0.3 is 0 Å². The average molecular weight is 397 g/mol. The van der Waals surface area contributed by atoms with E-state index in [2.05, 4.69) is 12.2 Å². The molecule has 142 valence electrons. The first-order valence-electron chi connectivity index (χ1n) is 9.49. The lowest BCUT2D eigenvalue weighted by molar-refractivity contribution is -0.139. The molecule has 2 aliphatic rings. The summed E-state index contributed by atoms with van der Waals surface area (Å²) in [4.78, 5) is 27.3. The molecule has 0 atom stereocenters. The van der Waals surface area contributed by atoms with Gasteiger partial charge in [-0.1, -0.05) is 36.2 Å². The minimum absolute atomic E-state index is 0.0577. The molecular weight excluding hydrogens is 371 g/mol. The molecule has 0 unspecified atom stereocenters. The number of para-hydroxylation sites is 1. The normalized spacial score (nSPS) is 24.3. The van der Waals surface area contributed by atoms with E-state index in [9.17, 15) is 9.59 Å². The fraction of sp³-hybridized carbons (Fsp3) is 0.600. The van der Waals surface area contributed by atoms with Gasteiger partial charge in [0.05, 0.1) is 15.7 Å². The van der Waals surface area contributed by atoms with Crippen LogP contribution in [0.3, 0.4) is 0 Å². The lowest BCUT2D eigenvalue weighted by Crippen LogP contribution is -2.42. The van der Waals surface area contributed by atoms with Crippen molar-refractivity contribution in [2.75, 3.05) is 18.4 Å². The molecule has 0 radical (unpaired) electrons. The van der Waals surface area contributed by atoms with E-state index in [1.165, 1.54) is 0 Å². The van der Waals surface area contributed by atoms with Gasteiger partial charge in [-0.25, -0.2) is 0 Å². The maximum absolute atomic E-state index is 12.7. The number of anilines is 1. The van der Waals surface area contributed by atoms with Crippen molar-refractivity contribution in [2.45, 2.75) is 45.4 Å². The van der Waals surface area contributed by atoms with Crippen molar-refractivity contribution in [3.05, 3.63) is 28.2 Å². The summed E-state index contributed by atoms with van der Waals surface area (Å²) in [6, 6.07) is 5.16. The standard InChI is InChI=1S/C20H26Cl2N2O2/c1-13-9-11-24(12-10-13)20(26)15-7-5-14(6-8-15)19(25)23-18-16(21)3-2-4-17(18)22/h2-4,13-15H,5-12H2,1H3,(H,23,25). The Labute approximate surface area is 165 Å². The van der Waals surface area contributed by atoms with Gasteiger partial charge in [-0.2, -0.15) is 0 Å². The number of nitrogens with zero attached hydrogens (tertiary/aromatic N) is 1. The minimum atomic E-state index is -0.0900. The third-order valence-electron chi connectivity index (χ3n) is 5.75. The van der Waals surface area contributed by atoms with Crippen molar-refractivity contribution in [2.24, 2.45) is 17.8 Å². The number of benzene rings is 1. The molecule has 1 aliphatic heterocycles. The predicted molar refractivity (Wildman–Crippen MR) is 106 cm³/mol. The summed E-state index contributed by atoms with van der Waals surface area (Å²) in [6.45, 7) is 4.01. The summed E-state index contributed by atoms with van der Waals surface area (Å²) in [5.74, 6) is 0.918. The van der Waals surface area contributed by atoms with Crippen LogP contribution in [-0.2, 0) is 9.59 Å². The molecule has 0 aromatic heterocycles. The molecule has 1 saturated carbocycles. The van der Waals surface area contributed by atoms with Crippen LogP contribution in [0.2, 0.25) is 10.0 Å². The molecule has 2 amide bonds. The number of piperidine rings is 1. The molecule has 0 bridgehead atoms. The van der Waals surface area contributed by atoms with Crippen molar-refractivity contribution in [3.8, 4) is 0 Å². The first-order valence-corrected chi connectivity index (χ1v) is 10.2. The van der Waals surface area contributed by atoms with Crippen molar-refractivity contribution < 1.29 is 9.59 Å². The van der Waals surface area contributed by atoms with E-state index >= 15 is 0 Å². The number of halogens is 2. The maximum atomic E-state index is 12.7. The number of hydrogen-bond acceptors (Lipinski definition) is 2. The highest BCUT2D eigenvalue weighted by molar-refractivity contribution is 6.39. The third-order valence-corrected chi connectivity index (χ3v) is 6.38. The van der Waals surface area contributed by atoms with Gasteiger partial charge in [0, 0.05) is 24.9 Å². The van der Waals surface area contributed by atoms with Gasteiger partial charge in [0.1, 0.15) is 0 Å². The Morgan fingerprint density at radius 1 is 0.962 bits per heavy atom. The molecule has 0 spiro atoms. The summed E-state index contributed by atoms with van der Waals surface area (Å²) < 4.78 is 0. The first kappa shape index (κ1) is 19.5. The molecule has 2 fully saturated rings. The Kier molecular flexibility index (Phi) is 6.46. The molecule has 3 rings (SSSR count). The number of carbonyl (C=O) groups is 2. The van der Waals surface area contributed by atoms with Gasteiger partial charge < -0.3 is 10.2 Å². The van der Waals surface area contributed by atoms with E-state index in [0.29, 0.717) is 15.7 Å². The van der Waals surface area contributed by atoms with Crippen LogP contribution < -0.4 is 5.32 Å². The van der Waals surface area contributed by atoms with E-state index in [1.807, 2.05) is 4.90 Å². The van der Waals surface area contributed by atoms with E-state index in [0.717, 1.165) is 57.5 Å². The topological polar surface area (TPSA) is 49.4 Å². The summed E-state index contributed by atoms with van der Waals surface area (Å²) in [5.41, 5.74) is 0.474. The molecule has 1 aliphatic carbocycles. The minimum Gasteiger partial charge on any atom is -0.342 e. The summed E-state index contributed by atoms with van der Waals surface area (Å²) in [6.07, 6.45) is 5.21. The van der Waals surface area contributed by atoms with Gasteiger partial charge in [-0.05, 0) is 56.6 Å². The van der Waals surface area contributed by atoms with Crippen LogP contribution >= 0.6 is 23.2 Å². The van der Waals surface area contributed by atoms with Crippen LogP contribution in [0, 0.1) is 17.8 Å². The average Bonchev–Trinajstić information content (AvgIpc) is 2.65. The molecule has 1 heterocycles. The van der Waals surface area contributed by atoms with E-state index in [4.69, 9.17) is 23.2 Å². The van der Waals surface area contributed by atoms with E-state index in [-0.39, 0.29) is 23.7 Å². The monoisotopic (exact) mass is 396 g/mol. The van der Waals surface area contributed by atoms with Crippen LogP contribution in [0.4, 0.5) is 5.69 Å². The fourth-order valence-electron chi connectivity index (χ4n) is 3.93. The van der Waals surface area contributed by atoms with Gasteiger partial charge in [-0.3, -0.25) is 9.59 Å². The van der Waals surface area contributed by atoms with E-state index < -0.39 is 0 Å². The molecule has 4 nitrogen and oxygen atoms in total. The number of amides is 2. The van der Waals surface area contributed by atoms with Gasteiger partial charge in [-0.15, -0.1) is 0 Å². The van der Waals surface area contributed by atoms with Crippen LogP contribution in [-0.4, -0.2) is 29.8 Å². The number of hydrogen-bond donors (Lipinski definition) is 1. The number of rotatable bonds is 3. The Hall–Kier alpha value is -1.26. The van der Waals surface area contributed by atoms with Gasteiger partial charge in [0.25, 0.3) is 0 Å². The van der Waals surface area contributed by atoms with Crippen molar-refractivity contribution in [1.29, 1.82) is 0 Å². The maximum Gasteiger partial charge on any atom is 0.227 e. The van der Waals surface area contributed by atoms with Crippen LogP contribution in [0.25, 0.3) is 0 Å². The molecular formula is C20H26Cl2N2O2. The van der Waals surface area contributed by atoms with Crippen LogP contribution in [0.15, 0.2) is 18.2 Å². The molecule has 1 aromatic carbocycles. The Morgan fingerprint density at radius 2 is 1.50 bits per heavy atom. The predicted octanol–water partition coefficient (Wildman–Crippen LogP) is 5.00. The SMILES string of the molecule is CC1CCN(C(=O)C2CCC(C(=O)Nc3c(Cl)cccc3Cl)CC2)CC1. The lowest BCUT2D eigenvalue weighted by Gasteiger charge is -2.35. The highest BCUT2D eigenvalue weighted by Gasteiger charge is 2.33. The third kappa shape index (κ3) is 4.52. The molecule has 1 aromatic rings. The Balaban J connectivity index is 1.51. The van der Waals surface area contributed by atoms with Gasteiger partial charge in [0.2, 0.25) is 11.8 Å². The largest absolute Gasteiger partial charge is 0.342 e. The molecule has 26 heavy (non-hydrogen) atoms. The fourth-order valence-corrected chi connectivity index (χ4v) is 4.42. The summed E-state index contributed by atoms with van der Waals surface area (Å²) in [5, 5.41) is 3.74. The molecule has 1 N–H and O–H groups in total. The van der Waals surface area contributed by atoms with Crippen molar-refractivity contribution in [3.63, 3.8) is 0 Å². The van der Waals surface area contributed by atoms with Crippen molar-refractivity contribution in [1.82, 2.24) is 4.90 Å². The van der Waals surface area contributed by atoms with Crippen LogP contribution in [0.5, 0.6) is 0 Å². The number of nitrogens with one attached hydrogen (secondary N) is 1. The second-order valence-electron chi connectivity index (χ2n) is 7.64. The lowest BCUT2D eigenvalue weighted by atomic mass is 9.80. The van der Waals surface area contributed by atoms with Crippen molar-refractivity contribution >= 4 is 40.7 Å². The summed E-state index contributed by atoms with van der Waals surface area (Å²) >= 11 is 12.2. The second-order valence-corrected chi connectivity index (χ2v) is 8.46.